The van der Waals surface area contributed by atoms with E-state index in [-0.39, 0.29) is 24.7 Å². The van der Waals surface area contributed by atoms with Crippen LogP contribution in [0.15, 0.2) is 11.5 Å². The minimum Gasteiger partial charge on any atom is -0.465 e. The van der Waals surface area contributed by atoms with Gasteiger partial charge in [-0.3, -0.25) is 9.59 Å². The Balaban J connectivity index is 0.000000425. The third-order valence-electron chi connectivity index (χ3n) is 6.59. The van der Waals surface area contributed by atoms with E-state index < -0.39 is 17.5 Å². The summed E-state index contributed by atoms with van der Waals surface area (Å²) in [6.07, 6.45) is 7.25. The highest BCUT2D eigenvalue weighted by Crippen LogP contribution is 2.32. The Morgan fingerprint density at radius 2 is 1.86 bits per heavy atom. The van der Waals surface area contributed by atoms with E-state index in [1.807, 2.05) is 39.8 Å². The molecule has 2 aromatic rings. The minimum absolute atomic E-state index is 0.0131. The lowest BCUT2D eigenvalue weighted by molar-refractivity contribution is -0.150. The molecule has 1 N–H and O–H groups in total. The summed E-state index contributed by atoms with van der Waals surface area (Å²) in [5, 5.41) is 14.7. The molecule has 0 saturated heterocycles. The number of hydrogen-bond acceptors (Lipinski definition) is 8. The van der Waals surface area contributed by atoms with E-state index in [2.05, 4.69) is 22.3 Å². The Hall–Kier alpha value is -1.90. The molecule has 0 radical (unpaired) electrons. The van der Waals surface area contributed by atoms with Gasteiger partial charge in [0.15, 0.2) is 0 Å². The number of aliphatic hydroxyl groups is 1. The second kappa shape index (κ2) is 14.1. The van der Waals surface area contributed by atoms with Crippen LogP contribution in [0.5, 0.6) is 0 Å². The number of allylic oxidation sites excluding steroid dienone is 1. The predicted octanol–water partition coefficient (Wildman–Crippen LogP) is 6.37. The fraction of sp³-hybridized carbons (Fsp3) is 0.643. The molecule has 3 unspecified atom stereocenters. The van der Waals surface area contributed by atoms with Crippen LogP contribution in [0.1, 0.15) is 86.6 Å². The summed E-state index contributed by atoms with van der Waals surface area (Å²) < 4.78 is 5.32. The molecular formula is C28H42N2O4S2. The van der Waals surface area contributed by atoms with E-state index in [9.17, 15) is 14.7 Å². The van der Waals surface area contributed by atoms with Crippen molar-refractivity contribution in [3.05, 3.63) is 37.7 Å². The number of rotatable bonds is 1. The van der Waals surface area contributed by atoms with Crippen LogP contribution < -0.4 is 0 Å². The number of nitrogens with zero attached hydrogens (tertiary/aromatic N) is 2. The molecule has 0 aliphatic carbocycles. The number of aliphatic hydroxyl groups excluding tert-OH is 1. The third-order valence-corrected chi connectivity index (χ3v) is 8.46. The zero-order chi connectivity index (χ0) is 26.9. The molecule has 3 heterocycles. The summed E-state index contributed by atoms with van der Waals surface area (Å²) in [5.74, 6) is -0.165. The van der Waals surface area contributed by atoms with Gasteiger partial charge in [-0.05, 0) is 52.0 Å². The molecule has 1 aliphatic heterocycles. The quantitative estimate of drug-likeness (QED) is 0.428. The summed E-state index contributed by atoms with van der Waals surface area (Å²) in [6.45, 7) is 13.8. The van der Waals surface area contributed by atoms with Crippen LogP contribution in [-0.4, -0.2) is 39.5 Å². The van der Waals surface area contributed by atoms with E-state index in [1.54, 1.807) is 36.5 Å². The molecular weight excluding hydrogens is 492 g/mol. The van der Waals surface area contributed by atoms with Crippen molar-refractivity contribution in [2.45, 2.75) is 93.1 Å². The molecule has 200 valence electrons. The summed E-state index contributed by atoms with van der Waals surface area (Å²) in [6, 6.07) is 0. The highest BCUT2D eigenvalue weighted by Gasteiger charge is 2.39. The lowest BCUT2D eigenvalue weighted by Crippen LogP contribution is -2.42. The second-order valence-electron chi connectivity index (χ2n) is 10.3. The van der Waals surface area contributed by atoms with E-state index in [1.165, 1.54) is 4.88 Å². The minimum atomic E-state index is -1.04. The fourth-order valence-corrected chi connectivity index (χ4v) is 6.05. The van der Waals surface area contributed by atoms with Gasteiger partial charge >= 0.3 is 5.97 Å². The number of aryl methyl sites for hydroxylation is 3. The number of carbonyl (C=O) groups is 2. The molecule has 3 atom stereocenters. The van der Waals surface area contributed by atoms with Gasteiger partial charge in [0, 0.05) is 22.6 Å². The average molecular weight is 535 g/mol. The van der Waals surface area contributed by atoms with Gasteiger partial charge < -0.3 is 9.84 Å². The monoisotopic (exact) mass is 534 g/mol. The molecule has 0 spiro atoms. The largest absolute Gasteiger partial charge is 0.465 e. The number of ketones is 1. The second-order valence-corrected chi connectivity index (χ2v) is 12.7. The Bertz CT molecular complexity index is 1020. The van der Waals surface area contributed by atoms with Gasteiger partial charge in [-0.1, -0.05) is 40.2 Å². The maximum absolute atomic E-state index is 12.9. The zero-order valence-electron chi connectivity index (χ0n) is 22.8. The molecule has 0 bridgehead atoms. The van der Waals surface area contributed by atoms with Crippen molar-refractivity contribution in [3.8, 4) is 0 Å². The number of cyclic esters (lactones) is 1. The normalized spacial score (nSPS) is 24.1. The maximum atomic E-state index is 12.9. The van der Waals surface area contributed by atoms with Crippen molar-refractivity contribution in [3.63, 3.8) is 0 Å². The van der Waals surface area contributed by atoms with Crippen LogP contribution in [0, 0.1) is 31.1 Å². The number of hydrogen-bond donors (Lipinski definition) is 1. The smallest absolute Gasteiger partial charge is 0.308 e. The molecule has 0 aromatic carbocycles. The van der Waals surface area contributed by atoms with Crippen molar-refractivity contribution in [2.24, 2.45) is 17.3 Å². The summed E-state index contributed by atoms with van der Waals surface area (Å²) in [4.78, 5) is 35.1. The lowest BCUT2D eigenvalue weighted by atomic mass is 9.74. The molecule has 0 amide bonds. The highest BCUT2D eigenvalue weighted by molar-refractivity contribution is 7.11. The molecule has 36 heavy (non-hydrogen) atoms. The number of aromatic nitrogens is 2. The number of Topliss-reactive ketones (excluding diaryl/α,β-unsaturated/α-hetero) is 1. The van der Waals surface area contributed by atoms with Crippen LogP contribution >= 0.6 is 22.7 Å². The first kappa shape index (κ1) is 30.3. The molecule has 8 heteroatoms. The summed E-state index contributed by atoms with van der Waals surface area (Å²) in [7, 11) is 0. The summed E-state index contributed by atoms with van der Waals surface area (Å²) >= 11 is 3.35. The average Bonchev–Trinajstić information content (AvgIpc) is 3.37. The predicted molar refractivity (Wildman–Crippen MR) is 148 cm³/mol. The number of carbonyl (C=O) groups excluding carboxylic acids is 2. The van der Waals surface area contributed by atoms with Crippen LogP contribution in [-0.2, 0) is 27.2 Å². The van der Waals surface area contributed by atoms with Crippen LogP contribution in [0.25, 0.3) is 6.08 Å². The van der Waals surface area contributed by atoms with Crippen LogP contribution in [0.3, 0.4) is 0 Å². The third kappa shape index (κ3) is 9.20. The van der Waals surface area contributed by atoms with Gasteiger partial charge in [0.1, 0.15) is 5.78 Å². The van der Waals surface area contributed by atoms with Crippen molar-refractivity contribution < 1.29 is 19.4 Å². The van der Waals surface area contributed by atoms with Gasteiger partial charge in [0.2, 0.25) is 0 Å². The first-order valence-corrected chi connectivity index (χ1v) is 14.5. The van der Waals surface area contributed by atoms with Gasteiger partial charge in [-0.15, -0.1) is 22.7 Å². The van der Waals surface area contributed by atoms with E-state index in [0.29, 0.717) is 12.3 Å². The SMILES string of the molecule is C/C=C\c1csc(C)n1.Cc1nc2c(s1)CCOC(=O)CC(O)C(C)(C)C(=O)C(C)CC(C)CCC2. The van der Waals surface area contributed by atoms with E-state index in [0.717, 1.165) is 47.1 Å². The van der Waals surface area contributed by atoms with E-state index >= 15 is 0 Å². The lowest BCUT2D eigenvalue weighted by Gasteiger charge is -2.32. The van der Waals surface area contributed by atoms with E-state index in [4.69, 9.17) is 4.74 Å². The highest BCUT2D eigenvalue weighted by atomic mass is 32.1. The van der Waals surface area contributed by atoms with Crippen molar-refractivity contribution in [1.29, 1.82) is 0 Å². The maximum Gasteiger partial charge on any atom is 0.308 e. The van der Waals surface area contributed by atoms with Gasteiger partial charge in [0.05, 0.1) is 45.9 Å². The van der Waals surface area contributed by atoms with Crippen molar-refractivity contribution >= 4 is 40.5 Å². The number of ether oxygens (including phenoxy) is 1. The van der Waals surface area contributed by atoms with Crippen LogP contribution in [0.2, 0.25) is 0 Å². The fourth-order valence-electron chi connectivity index (χ4n) is 4.51. The number of fused-ring (bicyclic) bond motifs is 1. The molecule has 0 saturated carbocycles. The first-order chi connectivity index (χ1) is 16.9. The Morgan fingerprint density at radius 3 is 2.50 bits per heavy atom. The van der Waals surface area contributed by atoms with Gasteiger partial charge in [-0.2, -0.15) is 0 Å². The standard InChI is InChI=1S/C21H33NO4S.C7H9NS/c1-13-7-6-8-16-17(27-15(3)22-16)9-10-26-19(24)12-18(23)21(4,5)20(25)14(2)11-13;1-3-4-7-5-9-6(2)8-7/h13-14,18,23H,6-12H2,1-5H3;3-5H,1-2H3/b;4-3-. The Kier molecular flexibility index (Phi) is 11.9. The topological polar surface area (TPSA) is 89.4 Å². The van der Waals surface area contributed by atoms with Gasteiger partial charge in [-0.25, -0.2) is 9.97 Å². The first-order valence-electron chi connectivity index (χ1n) is 12.8. The van der Waals surface area contributed by atoms with Crippen molar-refractivity contribution in [2.75, 3.05) is 6.61 Å². The molecule has 2 aromatic heterocycles. The van der Waals surface area contributed by atoms with Gasteiger partial charge in [0.25, 0.3) is 0 Å². The molecule has 0 fully saturated rings. The molecule has 1 aliphatic rings. The Labute approximate surface area is 224 Å². The Morgan fingerprint density at radius 1 is 1.14 bits per heavy atom. The number of esters is 1. The zero-order valence-corrected chi connectivity index (χ0v) is 24.4. The molecule has 3 rings (SSSR count). The van der Waals surface area contributed by atoms with Crippen molar-refractivity contribution in [1.82, 2.24) is 9.97 Å². The number of thiazole rings is 2. The summed E-state index contributed by atoms with van der Waals surface area (Å²) in [5.41, 5.74) is 1.22. The molecule has 6 nitrogen and oxygen atoms in total. The van der Waals surface area contributed by atoms with Crippen LogP contribution in [0.4, 0.5) is 0 Å².